The monoisotopic (exact) mass is 364 g/mol. The summed E-state index contributed by atoms with van der Waals surface area (Å²) in [6.45, 7) is 4.95. The molecule has 0 spiro atoms. The van der Waals surface area contributed by atoms with Crippen molar-refractivity contribution in [2.24, 2.45) is 0 Å². The van der Waals surface area contributed by atoms with Gasteiger partial charge in [0, 0.05) is 43.7 Å². The summed E-state index contributed by atoms with van der Waals surface area (Å²) in [4.78, 5) is 0. The third-order valence-corrected chi connectivity index (χ3v) is 5.33. The van der Waals surface area contributed by atoms with Crippen molar-refractivity contribution in [2.45, 2.75) is 58.2 Å². The zero-order valence-electron chi connectivity index (χ0n) is 16.0. The number of hydrogen-bond acceptors (Lipinski definition) is 4. The Morgan fingerprint density at radius 3 is 2.89 bits per heavy atom. The zero-order chi connectivity index (χ0) is 18.5. The van der Waals surface area contributed by atoms with Gasteiger partial charge in [0.1, 0.15) is 11.6 Å². The summed E-state index contributed by atoms with van der Waals surface area (Å²) in [6, 6.07) is 10.7. The quantitative estimate of drug-likeness (QED) is 0.700. The van der Waals surface area contributed by atoms with Crippen molar-refractivity contribution in [3.8, 4) is 0 Å². The Morgan fingerprint density at radius 2 is 2.00 bits per heavy atom. The van der Waals surface area contributed by atoms with Gasteiger partial charge in [0.15, 0.2) is 0 Å². The first-order chi connectivity index (χ1) is 13.3. The average molecular weight is 364 g/mol. The largest absolute Gasteiger partial charge is 0.315 e. The van der Waals surface area contributed by atoms with Crippen LogP contribution in [0.25, 0.3) is 0 Å². The molecular weight excluding hydrogens is 336 g/mol. The predicted molar refractivity (Wildman–Crippen MR) is 105 cm³/mol. The smallest absolute Gasteiger partial charge is 0.134 e. The molecule has 0 saturated carbocycles. The van der Waals surface area contributed by atoms with Gasteiger partial charge in [0.05, 0.1) is 12.7 Å². The van der Waals surface area contributed by atoms with Crippen molar-refractivity contribution in [3.05, 3.63) is 65.5 Å². The molecule has 1 aliphatic rings. The van der Waals surface area contributed by atoms with Gasteiger partial charge in [-0.2, -0.15) is 5.10 Å². The van der Waals surface area contributed by atoms with Crippen LogP contribution < -0.4 is 5.32 Å². The van der Waals surface area contributed by atoms with E-state index < -0.39 is 0 Å². The van der Waals surface area contributed by atoms with Crippen LogP contribution in [0.5, 0.6) is 0 Å². The van der Waals surface area contributed by atoms with E-state index in [0.29, 0.717) is 0 Å². The van der Waals surface area contributed by atoms with E-state index in [2.05, 4.69) is 62.6 Å². The van der Waals surface area contributed by atoms with Crippen LogP contribution in [0.1, 0.15) is 55.0 Å². The molecule has 1 N–H and O–H groups in total. The normalized spacial score (nSPS) is 15.3. The molecule has 0 amide bonds. The van der Waals surface area contributed by atoms with E-state index in [1.165, 1.54) is 30.4 Å². The van der Waals surface area contributed by atoms with Gasteiger partial charge in [-0.25, -0.2) is 0 Å². The minimum absolute atomic E-state index is 0.265. The molecule has 6 heteroatoms. The molecule has 6 nitrogen and oxygen atoms in total. The van der Waals surface area contributed by atoms with Gasteiger partial charge in [-0.15, -0.1) is 10.2 Å². The fraction of sp³-hybridized carbons (Fsp3) is 0.476. The lowest BCUT2D eigenvalue weighted by molar-refractivity contribution is 0.548. The molecule has 4 rings (SSSR count). The maximum absolute atomic E-state index is 4.51. The fourth-order valence-electron chi connectivity index (χ4n) is 3.71. The number of aryl methyl sites for hydroxylation is 1. The molecule has 0 bridgehead atoms. The summed E-state index contributed by atoms with van der Waals surface area (Å²) in [5.74, 6) is 2.28. The zero-order valence-corrected chi connectivity index (χ0v) is 16.0. The minimum Gasteiger partial charge on any atom is -0.315 e. The Kier molecular flexibility index (Phi) is 5.63. The summed E-state index contributed by atoms with van der Waals surface area (Å²) < 4.78 is 4.33. The lowest BCUT2D eigenvalue weighted by Crippen LogP contribution is -2.22. The number of benzene rings is 1. The first-order valence-corrected chi connectivity index (χ1v) is 10.0. The second kappa shape index (κ2) is 8.48. The molecule has 3 heterocycles. The highest BCUT2D eigenvalue weighted by Gasteiger charge is 2.15. The molecule has 2 aromatic heterocycles. The second-order valence-electron chi connectivity index (χ2n) is 7.38. The molecule has 3 aromatic rings. The molecule has 1 aliphatic heterocycles. The summed E-state index contributed by atoms with van der Waals surface area (Å²) >= 11 is 0. The van der Waals surface area contributed by atoms with E-state index in [1.54, 1.807) is 0 Å². The van der Waals surface area contributed by atoms with Gasteiger partial charge in [0.2, 0.25) is 0 Å². The van der Waals surface area contributed by atoms with Crippen LogP contribution in [0.4, 0.5) is 0 Å². The van der Waals surface area contributed by atoms with E-state index >= 15 is 0 Å². The number of nitrogens with zero attached hydrogens (tertiary/aromatic N) is 5. The first-order valence-electron chi connectivity index (χ1n) is 10.0. The van der Waals surface area contributed by atoms with E-state index in [-0.39, 0.29) is 6.04 Å². The summed E-state index contributed by atoms with van der Waals surface area (Å²) in [6.07, 6.45) is 9.85. The summed E-state index contributed by atoms with van der Waals surface area (Å²) in [5.41, 5.74) is 2.48. The lowest BCUT2D eigenvalue weighted by atomic mass is 10.2. The molecule has 0 fully saturated rings. The molecule has 27 heavy (non-hydrogen) atoms. The van der Waals surface area contributed by atoms with Gasteiger partial charge in [-0.3, -0.25) is 4.68 Å². The molecule has 0 saturated heterocycles. The van der Waals surface area contributed by atoms with Crippen molar-refractivity contribution in [1.29, 1.82) is 0 Å². The van der Waals surface area contributed by atoms with Crippen LogP contribution in [0.2, 0.25) is 0 Å². The predicted octanol–water partition coefficient (Wildman–Crippen LogP) is 3.14. The van der Waals surface area contributed by atoms with Crippen LogP contribution >= 0.6 is 0 Å². The molecule has 1 unspecified atom stereocenters. The number of aromatic nitrogens is 5. The number of hydrogen-bond donors (Lipinski definition) is 1. The van der Waals surface area contributed by atoms with Crippen molar-refractivity contribution in [3.63, 3.8) is 0 Å². The summed E-state index contributed by atoms with van der Waals surface area (Å²) in [5, 5.41) is 16.9. The standard InChI is InChI=1S/C21H28N6/c1-17(19-14-23-26(16-19)15-18-8-4-2-5-9-18)22-12-11-21-25-24-20-10-6-3-7-13-27(20)21/h2,4-5,8-9,14,16-17,22H,3,6-7,10-13,15H2,1H3. The van der Waals surface area contributed by atoms with Crippen LogP contribution in [0.15, 0.2) is 42.7 Å². The maximum atomic E-state index is 4.51. The average Bonchev–Trinajstić information content (AvgIpc) is 3.23. The van der Waals surface area contributed by atoms with Crippen molar-refractivity contribution >= 4 is 0 Å². The van der Waals surface area contributed by atoms with Crippen molar-refractivity contribution < 1.29 is 0 Å². The van der Waals surface area contributed by atoms with E-state index in [4.69, 9.17) is 0 Å². The van der Waals surface area contributed by atoms with Crippen LogP contribution in [0, 0.1) is 0 Å². The third kappa shape index (κ3) is 4.45. The molecule has 1 aromatic carbocycles. The highest BCUT2D eigenvalue weighted by Crippen LogP contribution is 2.15. The number of rotatable bonds is 7. The van der Waals surface area contributed by atoms with Gasteiger partial charge in [-0.05, 0) is 25.3 Å². The number of nitrogens with one attached hydrogen (secondary N) is 1. The Labute approximate surface area is 160 Å². The Bertz CT molecular complexity index is 851. The topological polar surface area (TPSA) is 60.6 Å². The first kappa shape index (κ1) is 17.9. The van der Waals surface area contributed by atoms with Crippen molar-refractivity contribution in [1.82, 2.24) is 29.9 Å². The number of fused-ring (bicyclic) bond motifs is 1. The highest BCUT2D eigenvalue weighted by atomic mass is 15.3. The van der Waals surface area contributed by atoms with E-state index in [9.17, 15) is 0 Å². The SMILES string of the molecule is CC(NCCc1nnc2n1CCCCC2)c1cnn(Cc2ccccc2)c1. The second-order valence-corrected chi connectivity index (χ2v) is 7.38. The van der Waals surface area contributed by atoms with E-state index in [0.717, 1.165) is 44.1 Å². The summed E-state index contributed by atoms with van der Waals surface area (Å²) in [7, 11) is 0. The molecule has 1 atom stereocenters. The Morgan fingerprint density at radius 1 is 1.11 bits per heavy atom. The molecule has 142 valence electrons. The Balaban J connectivity index is 1.30. The fourth-order valence-corrected chi connectivity index (χ4v) is 3.71. The molecular formula is C21H28N6. The molecule has 0 radical (unpaired) electrons. The van der Waals surface area contributed by atoms with Gasteiger partial charge >= 0.3 is 0 Å². The lowest BCUT2D eigenvalue weighted by Gasteiger charge is -2.12. The van der Waals surface area contributed by atoms with Crippen LogP contribution in [-0.4, -0.2) is 31.1 Å². The van der Waals surface area contributed by atoms with E-state index in [1.807, 2.05) is 16.9 Å². The van der Waals surface area contributed by atoms with Crippen LogP contribution in [-0.2, 0) is 25.9 Å². The van der Waals surface area contributed by atoms with Crippen LogP contribution in [0.3, 0.4) is 0 Å². The Hall–Kier alpha value is -2.47. The maximum Gasteiger partial charge on any atom is 0.134 e. The minimum atomic E-state index is 0.265. The third-order valence-electron chi connectivity index (χ3n) is 5.33. The van der Waals surface area contributed by atoms with Gasteiger partial charge < -0.3 is 9.88 Å². The van der Waals surface area contributed by atoms with Gasteiger partial charge in [-0.1, -0.05) is 36.8 Å². The highest BCUT2D eigenvalue weighted by molar-refractivity contribution is 5.16. The van der Waals surface area contributed by atoms with Crippen molar-refractivity contribution in [2.75, 3.05) is 6.54 Å². The molecule has 0 aliphatic carbocycles. The van der Waals surface area contributed by atoms with Gasteiger partial charge in [0.25, 0.3) is 0 Å².